The minimum absolute atomic E-state index is 0.00887. The second-order valence-corrected chi connectivity index (χ2v) is 14.0. The molecule has 4 aliphatic rings. The van der Waals surface area contributed by atoms with Crippen molar-refractivity contribution in [1.29, 1.82) is 0 Å². The van der Waals surface area contributed by atoms with Gasteiger partial charge >= 0.3 is 12.1 Å². The molecule has 250 valence electrons. The highest BCUT2D eigenvalue weighted by atomic mass is 79.9. The summed E-state index contributed by atoms with van der Waals surface area (Å²) in [5.74, 6) is -0.336. The number of amides is 4. The van der Waals surface area contributed by atoms with Crippen molar-refractivity contribution in [1.82, 2.24) is 19.6 Å². The zero-order valence-electron chi connectivity index (χ0n) is 26.7. The van der Waals surface area contributed by atoms with Gasteiger partial charge in [0, 0.05) is 63.5 Å². The van der Waals surface area contributed by atoms with E-state index in [0.717, 1.165) is 49.9 Å². The number of halogens is 1. The van der Waals surface area contributed by atoms with Crippen LogP contribution in [0.15, 0.2) is 40.9 Å². The molecule has 2 atom stereocenters. The molecule has 2 radical (unpaired) electrons. The number of urea groups is 1. The summed E-state index contributed by atoms with van der Waals surface area (Å²) in [5, 5.41) is 23.3. The number of likely N-dealkylation sites (tertiary alicyclic amines) is 3. The average molecular weight is 708 g/mol. The molecule has 4 heterocycles. The van der Waals surface area contributed by atoms with Crippen LogP contribution in [0.25, 0.3) is 0 Å². The molecule has 3 saturated heterocycles. The van der Waals surface area contributed by atoms with Gasteiger partial charge in [0.1, 0.15) is 13.6 Å². The number of rotatable bonds is 6. The van der Waals surface area contributed by atoms with Gasteiger partial charge in [0.05, 0.1) is 10.6 Å². The minimum Gasteiger partial charge on any atom is -0.507 e. The van der Waals surface area contributed by atoms with Crippen LogP contribution in [0, 0.1) is 0 Å². The van der Waals surface area contributed by atoms with Gasteiger partial charge in [-0.2, -0.15) is 0 Å². The van der Waals surface area contributed by atoms with Gasteiger partial charge in [-0.3, -0.25) is 9.69 Å². The normalized spacial score (nSPS) is 22.3. The maximum absolute atomic E-state index is 13.9. The van der Waals surface area contributed by atoms with Crippen LogP contribution >= 0.6 is 15.9 Å². The summed E-state index contributed by atoms with van der Waals surface area (Å²) in [7, 11) is 6.00. The number of hydrogen-bond acceptors (Lipinski definition) is 7. The van der Waals surface area contributed by atoms with Gasteiger partial charge < -0.3 is 35.0 Å². The predicted octanol–water partition coefficient (Wildman–Crippen LogP) is 3.00. The standard InChI is InChI=1S/C34H43BBrN5O6/c35-27-18-22(19-28(36)31(27)43)20-30(32(44)38-13-8-24(9-14-38)40-12-3-5-26(42)21-40)47-34(46)39-15-10-25(11-16-39)41-17-7-23-4-1-2-6-29(23)37-33(41)45/h1-2,4,6,18-19,24-26,30,42-43H,3,5,7-17,20-21H2,(H,37,45)/t26-,30-/m1/s1. The second kappa shape index (κ2) is 14.9. The van der Waals surface area contributed by atoms with Crippen molar-refractivity contribution in [3.05, 3.63) is 52.0 Å². The van der Waals surface area contributed by atoms with Crippen LogP contribution in [-0.2, 0) is 22.4 Å². The summed E-state index contributed by atoms with van der Waals surface area (Å²) in [6.07, 6.45) is 3.55. The molecule has 0 saturated carbocycles. The van der Waals surface area contributed by atoms with Crippen molar-refractivity contribution in [2.45, 2.75) is 75.7 Å². The number of hydrogen-bond donors (Lipinski definition) is 3. The summed E-state index contributed by atoms with van der Waals surface area (Å²) >= 11 is 3.32. The molecule has 0 bridgehead atoms. The summed E-state index contributed by atoms with van der Waals surface area (Å²) in [6, 6.07) is 11.3. The zero-order chi connectivity index (χ0) is 33.1. The van der Waals surface area contributed by atoms with Crippen LogP contribution in [0.3, 0.4) is 0 Å². The Morgan fingerprint density at radius 1 is 0.979 bits per heavy atom. The van der Waals surface area contributed by atoms with E-state index in [4.69, 9.17) is 12.6 Å². The van der Waals surface area contributed by atoms with E-state index in [1.807, 2.05) is 29.2 Å². The number of ether oxygens (including phenoxy) is 1. The fourth-order valence-corrected chi connectivity index (χ4v) is 7.98. The Bertz CT molecular complexity index is 1440. The average Bonchev–Trinajstić information content (AvgIpc) is 3.24. The lowest BCUT2D eigenvalue weighted by atomic mass is 9.91. The number of aliphatic hydroxyl groups is 1. The number of β-amino-alcohol motifs (C(OH)–C–C–N with tert-alkyl or cyclic N) is 1. The Labute approximate surface area is 285 Å². The zero-order valence-corrected chi connectivity index (χ0v) is 28.2. The van der Waals surface area contributed by atoms with Crippen molar-refractivity contribution in [2.24, 2.45) is 0 Å². The van der Waals surface area contributed by atoms with Crippen molar-refractivity contribution in [3.63, 3.8) is 0 Å². The number of carbonyl (C=O) groups excluding carboxylic acids is 3. The molecule has 47 heavy (non-hydrogen) atoms. The summed E-state index contributed by atoms with van der Waals surface area (Å²) in [4.78, 5) is 48.2. The predicted molar refractivity (Wildman–Crippen MR) is 182 cm³/mol. The lowest BCUT2D eigenvalue weighted by Crippen LogP contribution is -2.53. The van der Waals surface area contributed by atoms with Crippen LogP contribution < -0.4 is 10.8 Å². The van der Waals surface area contributed by atoms with Gasteiger partial charge in [-0.15, -0.1) is 0 Å². The van der Waals surface area contributed by atoms with Crippen molar-refractivity contribution >= 4 is 53.0 Å². The Balaban J connectivity index is 1.09. The van der Waals surface area contributed by atoms with Gasteiger partial charge in [0.2, 0.25) is 0 Å². The molecule has 0 unspecified atom stereocenters. The quantitative estimate of drug-likeness (QED) is 0.395. The topological polar surface area (TPSA) is 126 Å². The number of aliphatic hydroxyl groups excluding tert-OH is 1. The minimum atomic E-state index is -1.07. The van der Waals surface area contributed by atoms with Gasteiger partial charge in [-0.1, -0.05) is 29.7 Å². The van der Waals surface area contributed by atoms with Crippen LogP contribution in [0.4, 0.5) is 15.3 Å². The lowest BCUT2D eigenvalue weighted by Gasteiger charge is -2.42. The van der Waals surface area contributed by atoms with E-state index in [9.17, 15) is 24.6 Å². The number of fused-ring (bicyclic) bond motifs is 1. The lowest BCUT2D eigenvalue weighted by molar-refractivity contribution is -0.142. The fraction of sp³-hybridized carbons (Fsp3) is 0.559. The van der Waals surface area contributed by atoms with Crippen LogP contribution in [-0.4, -0.2) is 126 Å². The van der Waals surface area contributed by atoms with Crippen LogP contribution in [0.1, 0.15) is 49.7 Å². The second-order valence-electron chi connectivity index (χ2n) is 13.2. The number of carbonyl (C=O) groups is 3. The molecule has 4 aliphatic heterocycles. The SMILES string of the molecule is [B]c1cc(C[C@@H](OC(=O)N2CCC(N3CCc4ccccc4NC3=O)CC2)C(=O)N2CCC(N3CCC[C@@H](O)C3)CC2)cc(Br)c1O. The molecule has 0 aromatic heterocycles. The number of piperidine rings is 3. The van der Waals surface area contributed by atoms with E-state index in [-0.39, 0.29) is 41.7 Å². The van der Waals surface area contributed by atoms with E-state index < -0.39 is 12.2 Å². The molecule has 0 spiro atoms. The largest absolute Gasteiger partial charge is 0.507 e. The highest BCUT2D eigenvalue weighted by molar-refractivity contribution is 9.10. The molecule has 0 aliphatic carbocycles. The first-order valence-corrected chi connectivity index (χ1v) is 17.5. The highest BCUT2D eigenvalue weighted by Crippen LogP contribution is 2.27. The Kier molecular flexibility index (Phi) is 10.6. The number of phenols is 1. The summed E-state index contributed by atoms with van der Waals surface area (Å²) in [6.45, 7) is 4.13. The van der Waals surface area contributed by atoms with Gasteiger partial charge in [0.15, 0.2) is 6.10 Å². The van der Waals surface area contributed by atoms with E-state index in [1.54, 1.807) is 21.9 Å². The third-order valence-electron chi connectivity index (χ3n) is 10.1. The maximum Gasteiger partial charge on any atom is 0.410 e. The smallest absolute Gasteiger partial charge is 0.410 e. The molecule has 3 fully saturated rings. The molecular weight excluding hydrogens is 665 g/mol. The van der Waals surface area contributed by atoms with Gasteiger partial charge in [-0.25, -0.2) is 9.59 Å². The number of aromatic hydroxyl groups is 1. The molecule has 2 aromatic carbocycles. The first-order valence-electron chi connectivity index (χ1n) is 16.7. The Morgan fingerprint density at radius 3 is 2.40 bits per heavy atom. The summed E-state index contributed by atoms with van der Waals surface area (Å²) in [5.41, 5.74) is 2.77. The Hall–Kier alpha value is -3.29. The molecule has 13 heteroatoms. The van der Waals surface area contributed by atoms with E-state index >= 15 is 0 Å². The van der Waals surface area contributed by atoms with Gasteiger partial charge in [0.25, 0.3) is 5.91 Å². The fourth-order valence-electron chi connectivity index (χ4n) is 7.45. The first kappa shape index (κ1) is 33.6. The number of nitrogens with zero attached hydrogens (tertiary/aromatic N) is 4. The number of anilines is 1. The van der Waals surface area contributed by atoms with Gasteiger partial charge in [-0.05, 0) is 90.7 Å². The number of nitrogens with one attached hydrogen (secondary N) is 1. The molecular formula is C34H43BBrN5O6. The Morgan fingerprint density at radius 2 is 1.68 bits per heavy atom. The van der Waals surface area contributed by atoms with Crippen molar-refractivity contribution in [2.75, 3.05) is 51.1 Å². The van der Waals surface area contributed by atoms with Crippen molar-refractivity contribution < 1.29 is 29.3 Å². The van der Waals surface area contributed by atoms with E-state index in [1.165, 1.54) is 0 Å². The maximum atomic E-state index is 13.9. The molecule has 3 N–H and O–H groups in total. The monoisotopic (exact) mass is 707 g/mol. The third kappa shape index (κ3) is 7.89. The number of benzene rings is 2. The molecule has 11 nitrogen and oxygen atoms in total. The van der Waals surface area contributed by atoms with Crippen LogP contribution in [0.2, 0.25) is 0 Å². The van der Waals surface area contributed by atoms with Crippen LogP contribution in [0.5, 0.6) is 5.75 Å². The number of para-hydroxylation sites is 1. The third-order valence-corrected chi connectivity index (χ3v) is 10.7. The van der Waals surface area contributed by atoms with Crippen molar-refractivity contribution in [3.8, 4) is 5.75 Å². The number of phenolic OH excluding ortho intramolecular Hbond substituents is 1. The van der Waals surface area contributed by atoms with E-state index in [0.29, 0.717) is 68.2 Å². The first-order chi connectivity index (χ1) is 22.7. The molecule has 4 amide bonds. The molecule has 2 aromatic rings. The summed E-state index contributed by atoms with van der Waals surface area (Å²) < 4.78 is 6.38. The highest BCUT2D eigenvalue weighted by Gasteiger charge is 2.36. The molecule has 6 rings (SSSR count). The van der Waals surface area contributed by atoms with E-state index in [2.05, 4.69) is 26.1 Å².